The zero-order valence-electron chi connectivity index (χ0n) is 11.8. The first-order chi connectivity index (χ1) is 10.6. The van der Waals surface area contributed by atoms with Crippen LogP contribution in [0.5, 0.6) is 0 Å². The molecule has 1 aromatic carbocycles. The van der Waals surface area contributed by atoms with Crippen LogP contribution in [-0.4, -0.2) is 16.8 Å². The summed E-state index contributed by atoms with van der Waals surface area (Å²) in [7, 11) is 0. The van der Waals surface area contributed by atoms with Crippen LogP contribution in [-0.2, 0) is 4.79 Å². The second-order valence-corrected chi connectivity index (χ2v) is 4.68. The molecule has 3 rings (SSSR count). The number of carbonyl (C=O) groups excluding carboxylic acids is 2. The monoisotopic (exact) mass is 295 g/mol. The standard InChI is InChI=1S/C16H13N3O3/c1-10(20)18-14-8-7-13(22-14)16(21)19-12-6-2-4-11-5-3-9-17-15(11)12/h2-9H,1H3,(H,18,20)(H,19,21). The predicted molar refractivity (Wildman–Crippen MR) is 82.7 cm³/mol. The van der Waals surface area contributed by atoms with Crippen molar-refractivity contribution in [1.29, 1.82) is 0 Å². The average Bonchev–Trinajstić information content (AvgIpc) is 2.95. The third kappa shape index (κ3) is 2.80. The highest BCUT2D eigenvalue weighted by Crippen LogP contribution is 2.22. The third-order valence-corrected chi connectivity index (χ3v) is 3.01. The van der Waals surface area contributed by atoms with Gasteiger partial charge in [-0.25, -0.2) is 0 Å². The summed E-state index contributed by atoms with van der Waals surface area (Å²) in [4.78, 5) is 27.4. The molecule has 110 valence electrons. The summed E-state index contributed by atoms with van der Waals surface area (Å²) in [6.07, 6.45) is 1.67. The van der Waals surface area contributed by atoms with Crippen LogP contribution in [0.2, 0.25) is 0 Å². The van der Waals surface area contributed by atoms with Crippen LogP contribution in [0.3, 0.4) is 0 Å². The van der Waals surface area contributed by atoms with E-state index in [0.717, 1.165) is 5.39 Å². The summed E-state index contributed by atoms with van der Waals surface area (Å²) in [5.74, 6) is -0.334. The summed E-state index contributed by atoms with van der Waals surface area (Å²) in [5.41, 5.74) is 1.30. The van der Waals surface area contributed by atoms with Crippen molar-refractivity contribution in [2.75, 3.05) is 10.6 Å². The van der Waals surface area contributed by atoms with Crippen LogP contribution >= 0.6 is 0 Å². The number of hydrogen-bond donors (Lipinski definition) is 2. The van der Waals surface area contributed by atoms with E-state index in [0.29, 0.717) is 11.2 Å². The summed E-state index contributed by atoms with van der Waals surface area (Å²) >= 11 is 0. The molecule has 2 aromatic heterocycles. The molecule has 0 bridgehead atoms. The van der Waals surface area contributed by atoms with Gasteiger partial charge in [0, 0.05) is 24.6 Å². The number of furan rings is 1. The summed E-state index contributed by atoms with van der Waals surface area (Å²) in [5, 5.41) is 6.16. The van der Waals surface area contributed by atoms with Crippen LogP contribution in [0.25, 0.3) is 10.9 Å². The molecular formula is C16H13N3O3. The zero-order valence-corrected chi connectivity index (χ0v) is 11.8. The van der Waals surface area contributed by atoms with Crippen molar-refractivity contribution in [2.24, 2.45) is 0 Å². The maximum absolute atomic E-state index is 12.2. The van der Waals surface area contributed by atoms with E-state index in [1.807, 2.05) is 24.3 Å². The molecule has 0 saturated carbocycles. The van der Waals surface area contributed by atoms with Crippen molar-refractivity contribution in [3.63, 3.8) is 0 Å². The lowest BCUT2D eigenvalue weighted by Crippen LogP contribution is -2.11. The number of pyridine rings is 1. The topological polar surface area (TPSA) is 84.2 Å². The Balaban J connectivity index is 1.84. The minimum atomic E-state index is -0.408. The fraction of sp³-hybridized carbons (Fsp3) is 0.0625. The molecule has 2 heterocycles. The van der Waals surface area contributed by atoms with Gasteiger partial charge in [-0.15, -0.1) is 0 Å². The number of benzene rings is 1. The molecular weight excluding hydrogens is 282 g/mol. The van der Waals surface area contributed by atoms with E-state index in [9.17, 15) is 9.59 Å². The van der Waals surface area contributed by atoms with Crippen molar-refractivity contribution in [2.45, 2.75) is 6.92 Å². The number of fused-ring (bicyclic) bond motifs is 1. The number of aromatic nitrogens is 1. The first-order valence-electron chi connectivity index (χ1n) is 6.66. The Morgan fingerprint density at radius 3 is 2.68 bits per heavy atom. The normalized spacial score (nSPS) is 10.4. The van der Waals surface area contributed by atoms with Gasteiger partial charge in [0.05, 0.1) is 11.2 Å². The lowest BCUT2D eigenvalue weighted by Gasteiger charge is -2.06. The first-order valence-corrected chi connectivity index (χ1v) is 6.66. The number of rotatable bonds is 3. The van der Waals surface area contributed by atoms with Gasteiger partial charge in [0.25, 0.3) is 5.91 Å². The molecule has 0 radical (unpaired) electrons. The quantitative estimate of drug-likeness (QED) is 0.777. The minimum Gasteiger partial charge on any atom is -0.435 e. The molecule has 0 unspecified atom stereocenters. The molecule has 0 spiro atoms. The van der Waals surface area contributed by atoms with Gasteiger partial charge in [-0.1, -0.05) is 18.2 Å². The van der Waals surface area contributed by atoms with E-state index in [-0.39, 0.29) is 17.6 Å². The van der Waals surface area contributed by atoms with Crippen molar-refractivity contribution in [1.82, 2.24) is 4.98 Å². The highest BCUT2D eigenvalue weighted by molar-refractivity contribution is 6.07. The largest absolute Gasteiger partial charge is 0.435 e. The van der Waals surface area contributed by atoms with E-state index < -0.39 is 5.91 Å². The van der Waals surface area contributed by atoms with Crippen molar-refractivity contribution in [3.8, 4) is 0 Å². The highest BCUT2D eigenvalue weighted by Gasteiger charge is 2.13. The Labute approximate surface area is 126 Å². The lowest BCUT2D eigenvalue weighted by molar-refractivity contribution is -0.114. The van der Waals surface area contributed by atoms with Crippen LogP contribution in [0.15, 0.2) is 53.1 Å². The number of hydrogen-bond acceptors (Lipinski definition) is 4. The van der Waals surface area contributed by atoms with Gasteiger partial charge in [0.2, 0.25) is 5.91 Å². The smallest absolute Gasteiger partial charge is 0.291 e. The molecule has 2 amide bonds. The molecule has 0 aliphatic carbocycles. The molecule has 0 fully saturated rings. The number of nitrogens with one attached hydrogen (secondary N) is 2. The Morgan fingerprint density at radius 2 is 1.86 bits per heavy atom. The van der Waals surface area contributed by atoms with Gasteiger partial charge >= 0.3 is 0 Å². The molecule has 22 heavy (non-hydrogen) atoms. The van der Waals surface area contributed by atoms with Crippen molar-refractivity contribution < 1.29 is 14.0 Å². The van der Waals surface area contributed by atoms with Gasteiger partial charge in [-0.3, -0.25) is 19.9 Å². The third-order valence-electron chi connectivity index (χ3n) is 3.01. The summed E-state index contributed by atoms with van der Waals surface area (Å²) < 4.78 is 5.28. The van der Waals surface area contributed by atoms with E-state index in [2.05, 4.69) is 15.6 Å². The van der Waals surface area contributed by atoms with Crippen molar-refractivity contribution >= 4 is 34.3 Å². The van der Waals surface area contributed by atoms with Crippen LogP contribution in [0, 0.1) is 0 Å². The van der Waals surface area contributed by atoms with Gasteiger partial charge in [0.15, 0.2) is 11.6 Å². The van der Waals surface area contributed by atoms with Gasteiger partial charge < -0.3 is 9.73 Å². The maximum atomic E-state index is 12.2. The molecule has 2 N–H and O–H groups in total. The first kappa shape index (κ1) is 13.8. The zero-order chi connectivity index (χ0) is 15.5. The fourth-order valence-corrected chi connectivity index (χ4v) is 2.09. The van der Waals surface area contributed by atoms with Gasteiger partial charge in [-0.2, -0.15) is 0 Å². The number of para-hydroxylation sites is 1. The molecule has 6 heteroatoms. The molecule has 0 saturated heterocycles. The SMILES string of the molecule is CC(=O)Nc1ccc(C(=O)Nc2cccc3cccnc23)o1. The number of amides is 2. The second-order valence-electron chi connectivity index (χ2n) is 4.68. The number of carbonyl (C=O) groups is 2. The Morgan fingerprint density at radius 1 is 1.05 bits per heavy atom. The van der Waals surface area contributed by atoms with Crippen LogP contribution in [0.1, 0.15) is 17.5 Å². The minimum absolute atomic E-state index is 0.108. The van der Waals surface area contributed by atoms with Gasteiger partial charge in [-0.05, 0) is 18.2 Å². The Hall–Kier alpha value is -3.15. The van der Waals surface area contributed by atoms with E-state index >= 15 is 0 Å². The predicted octanol–water partition coefficient (Wildman–Crippen LogP) is 3.04. The summed E-state index contributed by atoms with van der Waals surface area (Å²) in [6.45, 7) is 1.37. The summed E-state index contributed by atoms with van der Waals surface area (Å²) in [6, 6.07) is 12.3. The molecule has 0 atom stereocenters. The average molecular weight is 295 g/mol. The number of anilines is 2. The Kier molecular flexibility index (Phi) is 3.57. The number of nitrogens with zero attached hydrogens (tertiary/aromatic N) is 1. The molecule has 6 nitrogen and oxygen atoms in total. The fourth-order valence-electron chi connectivity index (χ4n) is 2.09. The van der Waals surface area contributed by atoms with Gasteiger partial charge in [0.1, 0.15) is 0 Å². The van der Waals surface area contributed by atoms with E-state index in [1.54, 1.807) is 12.3 Å². The lowest BCUT2D eigenvalue weighted by atomic mass is 10.2. The highest BCUT2D eigenvalue weighted by atomic mass is 16.4. The molecule has 0 aliphatic heterocycles. The molecule has 0 aliphatic rings. The second kappa shape index (κ2) is 5.69. The van der Waals surface area contributed by atoms with E-state index in [4.69, 9.17) is 4.42 Å². The van der Waals surface area contributed by atoms with E-state index in [1.165, 1.54) is 19.1 Å². The van der Waals surface area contributed by atoms with Crippen LogP contribution in [0.4, 0.5) is 11.6 Å². The van der Waals surface area contributed by atoms with Crippen molar-refractivity contribution in [3.05, 3.63) is 54.4 Å². The molecule has 3 aromatic rings. The maximum Gasteiger partial charge on any atom is 0.291 e. The van der Waals surface area contributed by atoms with Crippen LogP contribution < -0.4 is 10.6 Å². The Bertz CT molecular complexity index is 849.